The number of ether oxygens (including phenoxy) is 1. The zero-order valence-corrected chi connectivity index (χ0v) is 17.8. The van der Waals surface area contributed by atoms with Gasteiger partial charge in [0.2, 0.25) is 0 Å². The summed E-state index contributed by atoms with van der Waals surface area (Å²) in [4.78, 5) is 19.6. The summed E-state index contributed by atoms with van der Waals surface area (Å²) >= 11 is 0.956. The van der Waals surface area contributed by atoms with Crippen molar-refractivity contribution in [1.29, 1.82) is 0 Å². The molecule has 1 fully saturated rings. The summed E-state index contributed by atoms with van der Waals surface area (Å²) in [6.07, 6.45) is -1.58. The summed E-state index contributed by atoms with van der Waals surface area (Å²) in [5, 5.41) is 10.5. The van der Waals surface area contributed by atoms with Crippen LogP contribution in [0.25, 0.3) is 0 Å². The first-order valence-electron chi connectivity index (χ1n) is 9.44. The van der Waals surface area contributed by atoms with E-state index in [0.717, 1.165) is 42.4 Å². The van der Waals surface area contributed by atoms with Gasteiger partial charge in [0.25, 0.3) is 0 Å². The third-order valence-electron chi connectivity index (χ3n) is 4.26. The highest BCUT2D eigenvalue weighted by molar-refractivity contribution is 7.09. The van der Waals surface area contributed by atoms with Crippen molar-refractivity contribution < 1.29 is 22.7 Å². The number of carbonyl (C=O) groups is 1. The van der Waals surface area contributed by atoms with E-state index in [0.29, 0.717) is 11.0 Å². The van der Waals surface area contributed by atoms with Gasteiger partial charge < -0.3 is 20.7 Å². The maximum atomic E-state index is 12.6. The van der Waals surface area contributed by atoms with Gasteiger partial charge in [0.05, 0.1) is 6.54 Å². The van der Waals surface area contributed by atoms with Gasteiger partial charge in [-0.25, -0.2) is 9.78 Å². The second kappa shape index (κ2) is 9.64. The third-order valence-corrected chi connectivity index (χ3v) is 5.11. The summed E-state index contributed by atoms with van der Waals surface area (Å²) < 4.78 is 43.1. The van der Waals surface area contributed by atoms with Crippen LogP contribution in [-0.2, 0) is 17.5 Å². The number of carbonyl (C=O) groups excluding carboxylic acids is 1. The van der Waals surface area contributed by atoms with Crippen molar-refractivity contribution in [2.75, 3.05) is 7.05 Å². The lowest BCUT2D eigenvalue weighted by atomic mass is 9.91. The maximum Gasteiger partial charge on any atom is 0.434 e. The van der Waals surface area contributed by atoms with Gasteiger partial charge >= 0.3 is 12.3 Å². The van der Waals surface area contributed by atoms with E-state index in [9.17, 15) is 18.0 Å². The second-order valence-electron chi connectivity index (χ2n) is 7.89. The summed E-state index contributed by atoms with van der Waals surface area (Å²) in [6.45, 7) is 5.63. The monoisotopic (exact) mass is 435 g/mol. The Kier molecular flexibility index (Phi) is 7.73. The number of hydrogen-bond donors (Lipinski definition) is 3. The Bertz CT molecular complexity index is 707. The van der Waals surface area contributed by atoms with E-state index in [4.69, 9.17) is 4.74 Å². The number of hydrogen-bond acceptors (Lipinski definition) is 5. The molecule has 0 spiro atoms. The molecule has 0 saturated heterocycles. The molecular weight excluding hydrogens is 407 g/mol. The molecule has 11 heteroatoms. The van der Waals surface area contributed by atoms with Crippen molar-refractivity contribution in [3.05, 3.63) is 16.1 Å². The first-order valence-corrected chi connectivity index (χ1v) is 10.3. The Morgan fingerprint density at radius 2 is 1.79 bits per heavy atom. The second-order valence-corrected chi connectivity index (χ2v) is 8.83. The molecule has 0 bridgehead atoms. The fourth-order valence-electron chi connectivity index (χ4n) is 2.93. The van der Waals surface area contributed by atoms with Crippen LogP contribution < -0.4 is 16.0 Å². The molecule has 1 aliphatic rings. The minimum atomic E-state index is -4.43. The van der Waals surface area contributed by atoms with Crippen molar-refractivity contribution in [2.45, 2.75) is 76.9 Å². The van der Waals surface area contributed by atoms with Gasteiger partial charge in [0.15, 0.2) is 11.7 Å². The SMILES string of the molecule is CN=C(NCc1nc(C(F)(F)F)cs1)NC1CCC(NC(=O)OC(C)(C)C)CC1. The van der Waals surface area contributed by atoms with E-state index in [1.165, 1.54) is 0 Å². The van der Waals surface area contributed by atoms with E-state index in [2.05, 4.69) is 25.9 Å². The number of alkyl halides is 3. The van der Waals surface area contributed by atoms with Crippen molar-refractivity contribution in [3.63, 3.8) is 0 Å². The van der Waals surface area contributed by atoms with Crippen molar-refractivity contribution in [1.82, 2.24) is 20.9 Å². The van der Waals surface area contributed by atoms with Crippen LogP contribution in [0.15, 0.2) is 10.4 Å². The number of rotatable bonds is 4. The fraction of sp³-hybridized carbons (Fsp3) is 0.722. The van der Waals surface area contributed by atoms with Crippen LogP contribution in [0.3, 0.4) is 0 Å². The predicted octanol–water partition coefficient (Wildman–Crippen LogP) is 3.66. The van der Waals surface area contributed by atoms with Crippen LogP contribution in [0.1, 0.15) is 57.2 Å². The molecule has 2 rings (SSSR count). The summed E-state index contributed by atoms with van der Waals surface area (Å²) in [5.74, 6) is 0.511. The molecule has 1 heterocycles. The van der Waals surface area contributed by atoms with Gasteiger partial charge in [-0.2, -0.15) is 13.2 Å². The van der Waals surface area contributed by atoms with Gasteiger partial charge in [-0.05, 0) is 46.5 Å². The van der Waals surface area contributed by atoms with Crippen LogP contribution >= 0.6 is 11.3 Å². The topological polar surface area (TPSA) is 87.6 Å². The molecule has 1 saturated carbocycles. The Hall–Kier alpha value is -2.04. The molecule has 0 aromatic carbocycles. The van der Waals surface area contributed by atoms with Crippen LogP contribution in [0.5, 0.6) is 0 Å². The van der Waals surface area contributed by atoms with E-state index in [1.54, 1.807) is 7.05 Å². The Labute approximate surface area is 172 Å². The lowest BCUT2D eigenvalue weighted by Gasteiger charge is -2.31. The molecule has 29 heavy (non-hydrogen) atoms. The largest absolute Gasteiger partial charge is 0.444 e. The normalized spacial score (nSPS) is 20.9. The number of alkyl carbamates (subject to hydrolysis) is 1. The zero-order valence-electron chi connectivity index (χ0n) is 17.0. The molecule has 0 unspecified atom stereocenters. The van der Waals surface area contributed by atoms with Gasteiger partial charge in [-0.15, -0.1) is 11.3 Å². The highest BCUT2D eigenvalue weighted by Gasteiger charge is 2.33. The molecule has 0 aliphatic heterocycles. The van der Waals surface area contributed by atoms with E-state index in [1.807, 2.05) is 20.8 Å². The number of nitrogens with zero attached hydrogens (tertiary/aromatic N) is 2. The van der Waals surface area contributed by atoms with Crippen molar-refractivity contribution in [2.24, 2.45) is 4.99 Å². The Balaban J connectivity index is 1.74. The van der Waals surface area contributed by atoms with Crippen LogP contribution in [0, 0.1) is 0 Å². The summed E-state index contributed by atoms with van der Waals surface area (Å²) in [5.41, 5.74) is -1.41. The van der Waals surface area contributed by atoms with Gasteiger partial charge in [0.1, 0.15) is 10.6 Å². The number of aliphatic imine (C=N–C) groups is 1. The number of amides is 1. The first-order chi connectivity index (χ1) is 13.5. The van der Waals surface area contributed by atoms with E-state index in [-0.39, 0.29) is 18.6 Å². The Morgan fingerprint density at radius 3 is 2.28 bits per heavy atom. The molecule has 1 aromatic rings. The fourth-order valence-corrected chi connectivity index (χ4v) is 3.67. The molecule has 0 atom stereocenters. The van der Waals surface area contributed by atoms with Gasteiger partial charge in [-0.3, -0.25) is 4.99 Å². The average molecular weight is 436 g/mol. The summed E-state index contributed by atoms with van der Waals surface area (Å²) in [7, 11) is 1.61. The zero-order chi connectivity index (χ0) is 21.7. The molecule has 1 aromatic heterocycles. The minimum Gasteiger partial charge on any atom is -0.444 e. The van der Waals surface area contributed by atoms with E-state index < -0.39 is 23.6 Å². The standard InChI is InChI=1S/C18H28F3N5O2S/c1-17(2,3)28-16(27)25-12-7-5-11(6-8-12)24-15(22-4)23-9-14-26-13(10-29-14)18(19,20)21/h10-12H,5-9H2,1-4H3,(H,25,27)(H2,22,23,24). The molecule has 3 N–H and O–H groups in total. The van der Waals surface area contributed by atoms with Gasteiger partial charge in [-0.1, -0.05) is 0 Å². The highest BCUT2D eigenvalue weighted by Crippen LogP contribution is 2.29. The smallest absolute Gasteiger partial charge is 0.434 e. The van der Waals surface area contributed by atoms with Crippen LogP contribution in [0.4, 0.5) is 18.0 Å². The molecular formula is C18H28F3N5O2S. The predicted molar refractivity (Wildman–Crippen MR) is 106 cm³/mol. The molecule has 1 aliphatic carbocycles. The molecule has 164 valence electrons. The molecule has 0 radical (unpaired) electrons. The third kappa shape index (κ3) is 8.08. The Morgan fingerprint density at radius 1 is 1.21 bits per heavy atom. The van der Waals surface area contributed by atoms with Crippen molar-refractivity contribution in [3.8, 4) is 0 Å². The lowest BCUT2D eigenvalue weighted by molar-refractivity contribution is -0.140. The number of nitrogens with one attached hydrogen (secondary N) is 3. The molecule has 7 nitrogen and oxygen atoms in total. The number of halogens is 3. The number of aromatic nitrogens is 1. The minimum absolute atomic E-state index is 0.0639. The summed E-state index contributed by atoms with van der Waals surface area (Å²) in [6, 6.07) is 0.230. The number of guanidine groups is 1. The first kappa shape index (κ1) is 23.2. The maximum absolute atomic E-state index is 12.6. The molecule has 1 amide bonds. The van der Waals surface area contributed by atoms with Crippen LogP contribution in [-0.4, -0.2) is 41.8 Å². The van der Waals surface area contributed by atoms with E-state index >= 15 is 0 Å². The highest BCUT2D eigenvalue weighted by atomic mass is 32.1. The average Bonchev–Trinajstić information content (AvgIpc) is 3.08. The number of thiazole rings is 1. The van der Waals surface area contributed by atoms with Crippen molar-refractivity contribution >= 4 is 23.4 Å². The van der Waals surface area contributed by atoms with Crippen LogP contribution in [0.2, 0.25) is 0 Å². The lowest BCUT2D eigenvalue weighted by Crippen LogP contribution is -2.47. The quantitative estimate of drug-likeness (QED) is 0.496. The van der Waals surface area contributed by atoms with Gasteiger partial charge in [0, 0.05) is 24.5 Å².